The average Bonchev–Trinajstić information content (AvgIpc) is 3.53. The fourth-order valence-corrected chi connectivity index (χ4v) is 6.53. The molecular formula is C24H31N7O2S. The fraction of sp³-hybridized carbons (Fsp3) is 0.583. The van der Waals surface area contributed by atoms with Crippen LogP contribution >= 0.6 is 11.8 Å². The molecule has 6 rings (SSSR count). The minimum Gasteiger partial charge on any atom is -0.381 e. The Morgan fingerprint density at radius 3 is 2.71 bits per heavy atom. The largest absolute Gasteiger partial charge is 0.381 e. The van der Waals surface area contributed by atoms with Crippen molar-refractivity contribution in [1.29, 1.82) is 0 Å². The predicted molar refractivity (Wildman–Crippen MR) is 132 cm³/mol. The van der Waals surface area contributed by atoms with Crippen molar-refractivity contribution in [3.63, 3.8) is 0 Å². The molecule has 0 aromatic carbocycles. The van der Waals surface area contributed by atoms with E-state index in [1.807, 2.05) is 19.3 Å². The van der Waals surface area contributed by atoms with Gasteiger partial charge in [-0.3, -0.25) is 4.79 Å². The third kappa shape index (κ3) is 3.76. The van der Waals surface area contributed by atoms with Crippen LogP contribution in [-0.4, -0.2) is 59.2 Å². The molecule has 0 unspecified atom stereocenters. The number of hydrogen-bond acceptors (Lipinski definition) is 9. The summed E-state index contributed by atoms with van der Waals surface area (Å²) in [6.07, 6.45) is 9.82. The Bertz CT molecular complexity index is 1130. The van der Waals surface area contributed by atoms with E-state index in [4.69, 9.17) is 15.5 Å². The molecule has 0 bridgehead atoms. The normalized spacial score (nSPS) is 24.8. The number of rotatable bonds is 3. The van der Waals surface area contributed by atoms with Crippen molar-refractivity contribution in [2.24, 2.45) is 5.41 Å². The maximum absolute atomic E-state index is 12.6. The zero-order valence-corrected chi connectivity index (χ0v) is 20.5. The number of carbonyl (C=O) groups is 1. The molecule has 1 atom stereocenters. The number of nitrogens with two attached hydrogens (primary N) is 1. The van der Waals surface area contributed by atoms with Gasteiger partial charge in [0.05, 0.1) is 36.6 Å². The van der Waals surface area contributed by atoms with Crippen LogP contribution in [0.2, 0.25) is 0 Å². The maximum Gasteiger partial charge on any atom is 0.226 e. The SMILES string of the molecule is C[C@H]1CC2(CCN(c3cnc(Sc4ccnc5c4NC(=O)CC4(CC4)N5C)c(N)n3)CC2)CO1. The highest BCUT2D eigenvalue weighted by molar-refractivity contribution is 7.99. The summed E-state index contributed by atoms with van der Waals surface area (Å²) in [5, 5.41) is 3.71. The molecule has 10 heteroatoms. The van der Waals surface area contributed by atoms with Gasteiger partial charge in [0.15, 0.2) is 11.6 Å². The van der Waals surface area contributed by atoms with Crippen LogP contribution in [-0.2, 0) is 9.53 Å². The number of amides is 1. The zero-order valence-electron chi connectivity index (χ0n) is 19.7. The summed E-state index contributed by atoms with van der Waals surface area (Å²) in [6.45, 7) is 4.91. The number of piperidine rings is 1. The maximum atomic E-state index is 12.6. The van der Waals surface area contributed by atoms with Crippen LogP contribution in [0.15, 0.2) is 28.4 Å². The van der Waals surface area contributed by atoms with E-state index < -0.39 is 0 Å². The van der Waals surface area contributed by atoms with Gasteiger partial charge < -0.3 is 25.6 Å². The van der Waals surface area contributed by atoms with Crippen LogP contribution in [0.1, 0.15) is 45.4 Å². The van der Waals surface area contributed by atoms with E-state index in [2.05, 4.69) is 32.0 Å². The first-order valence-electron chi connectivity index (χ1n) is 12.1. The summed E-state index contributed by atoms with van der Waals surface area (Å²) >= 11 is 1.42. The number of nitrogens with zero attached hydrogens (tertiary/aromatic N) is 5. The first kappa shape index (κ1) is 21.9. The number of carbonyl (C=O) groups excluding carboxylic acids is 1. The second-order valence-corrected chi connectivity index (χ2v) is 11.4. The lowest BCUT2D eigenvalue weighted by molar-refractivity contribution is -0.116. The van der Waals surface area contributed by atoms with Crippen molar-refractivity contribution >= 4 is 40.8 Å². The smallest absolute Gasteiger partial charge is 0.226 e. The van der Waals surface area contributed by atoms with Crippen LogP contribution in [0.25, 0.3) is 0 Å². The second-order valence-electron chi connectivity index (χ2n) is 10.3. The van der Waals surface area contributed by atoms with Crippen LogP contribution in [0.5, 0.6) is 0 Å². The van der Waals surface area contributed by atoms with Gasteiger partial charge in [0, 0.05) is 31.2 Å². The second kappa shape index (κ2) is 7.98. The number of anilines is 4. The van der Waals surface area contributed by atoms with E-state index in [9.17, 15) is 4.79 Å². The van der Waals surface area contributed by atoms with Gasteiger partial charge in [-0.1, -0.05) is 11.8 Å². The molecule has 3 aliphatic heterocycles. The van der Waals surface area contributed by atoms with Crippen molar-refractivity contribution in [2.45, 2.75) is 67.0 Å². The summed E-state index contributed by atoms with van der Waals surface area (Å²) in [4.78, 5) is 31.8. The van der Waals surface area contributed by atoms with E-state index in [1.165, 1.54) is 11.8 Å². The average molecular weight is 482 g/mol. The molecule has 2 spiro atoms. The minimum atomic E-state index is -0.0954. The van der Waals surface area contributed by atoms with Gasteiger partial charge in [0.1, 0.15) is 10.8 Å². The minimum absolute atomic E-state index is 0.0253. The molecule has 3 fully saturated rings. The molecule has 34 heavy (non-hydrogen) atoms. The molecule has 2 saturated heterocycles. The third-order valence-corrected chi connectivity index (χ3v) is 9.07. The molecule has 2 aromatic heterocycles. The molecule has 180 valence electrons. The number of fused-ring (bicyclic) bond motifs is 1. The molecule has 3 N–H and O–H groups in total. The van der Waals surface area contributed by atoms with Gasteiger partial charge in [-0.2, -0.15) is 0 Å². The summed E-state index contributed by atoms with van der Waals surface area (Å²) in [6, 6.07) is 1.90. The van der Waals surface area contributed by atoms with Gasteiger partial charge >= 0.3 is 0 Å². The molecule has 1 amide bonds. The van der Waals surface area contributed by atoms with Gasteiger partial charge in [-0.05, 0) is 50.5 Å². The molecule has 4 aliphatic rings. The molecule has 5 heterocycles. The Hall–Kier alpha value is -2.59. The molecule has 0 radical (unpaired) electrons. The standard InChI is InChI=1S/C24H31N7O2S/c1-15-11-23(14-33-15)6-9-31(10-7-23)17-13-27-22(20(25)28-17)34-16-3-8-26-21-19(16)29-18(32)12-24(4-5-24)30(21)2/h3,8,13,15H,4-7,9-12,14H2,1-2H3,(H2,25,28)(H,29,32)/t15-/m0/s1. The Balaban J connectivity index is 1.20. The number of pyridine rings is 1. The van der Waals surface area contributed by atoms with E-state index in [0.717, 1.165) is 74.0 Å². The van der Waals surface area contributed by atoms with E-state index in [0.29, 0.717) is 28.8 Å². The summed E-state index contributed by atoms with van der Waals surface area (Å²) in [7, 11) is 2.03. The Kier molecular flexibility index (Phi) is 5.14. The Morgan fingerprint density at radius 2 is 2.03 bits per heavy atom. The van der Waals surface area contributed by atoms with E-state index in [-0.39, 0.29) is 11.4 Å². The van der Waals surface area contributed by atoms with Gasteiger partial charge in [0.2, 0.25) is 5.91 Å². The van der Waals surface area contributed by atoms with Crippen LogP contribution in [0.3, 0.4) is 0 Å². The monoisotopic (exact) mass is 481 g/mol. The lowest BCUT2D eigenvalue weighted by atomic mass is 9.77. The topological polar surface area (TPSA) is 110 Å². The summed E-state index contributed by atoms with van der Waals surface area (Å²) < 4.78 is 5.85. The number of hydrogen-bond donors (Lipinski definition) is 2. The number of aromatic nitrogens is 3. The first-order chi connectivity index (χ1) is 16.4. The highest BCUT2D eigenvalue weighted by atomic mass is 32.2. The van der Waals surface area contributed by atoms with Crippen molar-refractivity contribution < 1.29 is 9.53 Å². The Labute approximate surface area is 203 Å². The van der Waals surface area contributed by atoms with Gasteiger partial charge in [-0.25, -0.2) is 15.0 Å². The van der Waals surface area contributed by atoms with Crippen LogP contribution in [0.4, 0.5) is 23.1 Å². The molecular weight excluding hydrogens is 450 g/mol. The lowest BCUT2D eigenvalue weighted by Gasteiger charge is -2.38. The number of nitrogen functional groups attached to an aromatic ring is 1. The van der Waals surface area contributed by atoms with Crippen molar-refractivity contribution in [2.75, 3.05) is 47.6 Å². The van der Waals surface area contributed by atoms with Crippen molar-refractivity contribution in [1.82, 2.24) is 15.0 Å². The van der Waals surface area contributed by atoms with Crippen LogP contribution in [0, 0.1) is 5.41 Å². The van der Waals surface area contributed by atoms with Crippen LogP contribution < -0.4 is 20.9 Å². The highest BCUT2D eigenvalue weighted by Gasteiger charge is 2.50. The van der Waals surface area contributed by atoms with Crippen molar-refractivity contribution in [3.05, 3.63) is 18.5 Å². The summed E-state index contributed by atoms with van der Waals surface area (Å²) in [5.74, 6) is 2.04. The fourth-order valence-electron chi connectivity index (χ4n) is 5.70. The first-order valence-corrected chi connectivity index (χ1v) is 12.9. The summed E-state index contributed by atoms with van der Waals surface area (Å²) in [5.41, 5.74) is 7.32. The van der Waals surface area contributed by atoms with Gasteiger partial charge in [0.25, 0.3) is 0 Å². The molecule has 9 nitrogen and oxygen atoms in total. The van der Waals surface area contributed by atoms with E-state index in [1.54, 1.807) is 6.20 Å². The number of ether oxygens (including phenoxy) is 1. The molecule has 2 aromatic rings. The molecule has 1 saturated carbocycles. The zero-order chi connectivity index (χ0) is 23.5. The third-order valence-electron chi connectivity index (χ3n) is 8.00. The van der Waals surface area contributed by atoms with Crippen molar-refractivity contribution in [3.8, 4) is 0 Å². The highest BCUT2D eigenvalue weighted by Crippen LogP contribution is 2.51. The molecule has 1 aliphatic carbocycles. The van der Waals surface area contributed by atoms with E-state index >= 15 is 0 Å². The van der Waals surface area contributed by atoms with Gasteiger partial charge in [-0.15, -0.1) is 0 Å². The quantitative estimate of drug-likeness (QED) is 0.682. The Morgan fingerprint density at radius 1 is 1.24 bits per heavy atom. The predicted octanol–water partition coefficient (Wildman–Crippen LogP) is 3.31. The lowest BCUT2D eigenvalue weighted by Crippen LogP contribution is -2.41. The number of nitrogens with one attached hydrogen (secondary N) is 1.